The fourth-order valence-electron chi connectivity index (χ4n) is 1.07. The van der Waals surface area contributed by atoms with Crippen molar-refractivity contribution in [1.82, 2.24) is 4.98 Å². The zero-order valence-corrected chi connectivity index (χ0v) is 9.34. The zero-order chi connectivity index (χ0) is 9.68. The first-order valence-electron chi connectivity index (χ1n) is 4.08. The van der Waals surface area contributed by atoms with Crippen LogP contribution in [0.1, 0.15) is 6.92 Å². The quantitative estimate of drug-likeness (QED) is 0.883. The Morgan fingerprint density at radius 2 is 2.38 bits per heavy atom. The maximum atomic E-state index is 5.01. The van der Waals surface area contributed by atoms with Gasteiger partial charge in [-0.3, -0.25) is 4.98 Å². The molecule has 0 fully saturated rings. The normalized spacial score (nSPS) is 12.5. The fraction of sp³-hybridized carbons (Fsp3) is 0.444. The van der Waals surface area contributed by atoms with Crippen LogP contribution in [-0.4, -0.2) is 24.7 Å². The number of hydrogen-bond donors (Lipinski definition) is 1. The van der Waals surface area contributed by atoms with Crippen LogP contribution < -0.4 is 5.32 Å². The lowest BCUT2D eigenvalue weighted by Crippen LogP contribution is -2.20. The molecule has 0 aromatic carbocycles. The van der Waals surface area contributed by atoms with Gasteiger partial charge in [-0.15, -0.1) is 0 Å². The van der Waals surface area contributed by atoms with Crippen molar-refractivity contribution in [3.8, 4) is 0 Å². The van der Waals surface area contributed by atoms with Crippen LogP contribution in [0.3, 0.4) is 0 Å². The number of nitrogens with zero attached hydrogens (tertiary/aromatic N) is 1. The molecule has 1 rings (SSSR count). The van der Waals surface area contributed by atoms with Crippen LogP contribution in [0, 0.1) is 0 Å². The van der Waals surface area contributed by atoms with E-state index >= 15 is 0 Å². The summed E-state index contributed by atoms with van der Waals surface area (Å²) in [7, 11) is 1.69. The summed E-state index contributed by atoms with van der Waals surface area (Å²) in [6.07, 6.45) is 3.54. The Kier molecular flexibility index (Phi) is 4.18. The number of rotatable bonds is 4. The highest BCUT2D eigenvalue weighted by Crippen LogP contribution is 2.14. The molecule has 0 bridgehead atoms. The van der Waals surface area contributed by atoms with E-state index in [0.29, 0.717) is 12.6 Å². The molecule has 1 atom stereocenters. The van der Waals surface area contributed by atoms with Crippen molar-refractivity contribution in [2.24, 2.45) is 0 Å². The van der Waals surface area contributed by atoms with Gasteiger partial charge < -0.3 is 10.1 Å². The topological polar surface area (TPSA) is 34.1 Å². The highest BCUT2D eigenvalue weighted by Gasteiger charge is 2.00. The average Bonchev–Trinajstić information content (AvgIpc) is 2.04. The zero-order valence-electron chi connectivity index (χ0n) is 7.75. The van der Waals surface area contributed by atoms with Crippen molar-refractivity contribution < 1.29 is 4.74 Å². The third kappa shape index (κ3) is 3.74. The number of ether oxygens (including phenoxy) is 1. The molecule has 1 heterocycles. The summed E-state index contributed by atoms with van der Waals surface area (Å²) in [5, 5.41) is 3.27. The molecule has 0 aliphatic carbocycles. The van der Waals surface area contributed by atoms with E-state index in [4.69, 9.17) is 4.74 Å². The molecule has 0 aliphatic rings. The summed E-state index contributed by atoms with van der Waals surface area (Å²) in [5.41, 5.74) is 0.999. The predicted molar refractivity (Wildman–Crippen MR) is 56.9 cm³/mol. The van der Waals surface area contributed by atoms with Crippen molar-refractivity contribution >= 4 is 21.6 Å². The van der Waals surface area contributed by atoms with Gasteiger partial charge in [-0.2, -0.15) is 0 Å². The third-order valence-corrected chi connectivity index (χ3v) is 1.97. The molecule has 3 nitrogen and oxygen atoms in total. The fourth-order valence-corrected chi connectivity index (χ4v) is 1.43. The van der Waals surface area contributed by atoms with Gasteiger partial charge in [-0.05, 0) is 28.9 Å². The number of nitrogens with one attached hydrogen (secondary N) is 1. The molecular formula is C9H13BrN2O. The van der Waals surface area contributed by atoms with Gasteiger partial charge >= 0.3 is 0 Å². The number of anilines is 1. The summed E-state index contributed by atoms with van der Waals surface area (Å²) in [6, 6.07) is 2.28. The second kappa shape index (κ2) is 5.19. The molecule has 13 heavy (non-hydrogen) atoms. The molecule has 1 unspecified atom stereocenters. The van der Waals surface area contributed by atoms with Crippen LogP contribution in [-0.2, 0) is 4.74 Å². The van der Waals surface area contributed by atoms with Crippen LogP contribution in [0.5, 0.6) is 0 Å². The van der Waals surface area contributed by atoms with Crippen LogP contribution in [0.4, 0.5) is 5.69 Å². The van der Waals surface area contributed by atoms with Crippen LogP contribution in [0.15, 0.2) is 22.9 Å². The van der Waals surface area contributed by atoms with Crippen molar-refractivity contribution in [2.45, 2.75) is 13.0 Å². The van der Waals surface area contributed by atoms with E-state index in [1.165, 1.54) is 0 Å². The van der Waals surface area contributed by atoms with Gasteiger partial charge in [-0.25, -0.2) is 0 Å². The molecule has 0 saturated heterocycles. The lowest BCUT2D eigenvalue weighted by atomic mass is 10.3. The maximum absolute atomic E-state index is 5.01. The summed E-state index contributed by atoms with van der Waals surface area (Å²) in [4.78, 5) is 4.05. The number of hydrogen-bond acceptors (Lipinski definition) is 3. The van der Waals surface area contributed by atoms with Gasteiger partial charge in [-0.1, -0.05) is 0 Å². The molecule has 1 N–H and O–H groups in total. The third-order valence-electron chi connectivity index (χ3n) is 1.53. The lowest BCUT2D eigenvalue weighted by Gasteiger charge is -2.13. The SMILES string of the molecule is COCC(C)Nc1cncc(Br)c1. The van der Waals surface area contributed by atoms with E-state index in [-0.39, 0.29) is 0 Å². The summed E-state index contributed by atoms with van der Waals surface area (Å²) < 4.78 is 5.99. The Balaban J connectivity index is 2.53. The molecule has 4 heteroatoms. The average molecular weight is 245 g/mol. The van der Waals surface area contributed by atoms with Crippen molar-refractivity contribution in [2.75, 3.05) is 19.0 Å². The van der Waals surface area contributed by atoms with Crippen LogP contribution >= 0.6 is 15.9 Å². The van der Waals surface area contributed by atoms with Crippen LogP contribution in [0.2, 0.25) is 0 Å². The Morgan fingerprint density at radius 1 is 1.62 bits per heavy atom. The molecule has 0 radical (unpaired) electrons. The van der Waals surface area contributed by atoms with Gasteiger partial charge in [0.2, 0.25) is 0 Å². The number of halogens is 1. The van der Waals surface area contributed by atoms with E-state index in [0.717, 1.165) is 10.2 Å². The molecule has 1 aromatic rings. The predicted octanol–water partition coefficient (Wildman–Crippen LogP) is 2.29. The van der Waals surface area contributed by atoms with Gasteiger partial charge in [0, 0.05) is 23.8 Å². The number of methoxy groups -OCH3 is 1. The van der Waals surface area contributed by atoms with E-state index in [2.05, 4.69) is 33.2 Å². The summed E-state index contributed by atoms with van der Waals surface area (Å²) in [6.45, 7) is 2.75. The minimum atomic E-state index is 0.293. The van der Waals surface area contributed by atoms with Gasteiger partial charge in [0.15, 0.2) is 0 Å². The van der Waals surface area contributed by atoms with E-state index in [1.54, 1.807) is 19.5 Å². The Bertz CT molecular complexity index is 268. The largest absolute Gasteiger partial charge is 0.383 e. The van der Waals surface area contributed by atoms with E-state index in [1.807, 2.05) is 6.07 Å². The Morgan fingerprint density at radius 3 is 3.00 bits per heavy atom. The number of aromatic nitrogens is 1. The second-order valence-corrected chi connectivity index (χ2v) is 3.81. The number of pyridine rings is 1. The standard InChI is InChI=1S/C9H13BrN2O/c1-7(6-13-2)12-9-3-8(10)4-11-5-9/h3-5,7,12H,6H2,1-2H3. The van der Waals surface area contributed by atoms with Crippen molar-refractivity contribution in [1.29, 1.82) is 0 Å². The maximum Gasteiger partial charge on any atom is 0.0661 e. The molecule has 72 valence electrons. The first-order chi connectivity index (χ1) is 6.22. The Labute approximate surface area is 86.6 Å². The van der Waals surface area contributed by atoms with Gasteiger partial charge in [0.1, 0.15) is 0 Å². The highest BCUT2D eigenvalue weighted by atomic mass is 79.9. The monoisotopic (exact) mass is 244 g/mol. The van der Waals surface area contributed by atoms with Gasteiger partial charge in [0.05, 0.1) is 18.5 Å². The first kappa shape index (κ1) is 10.5. The minimum Gasteiger partial charge on any atom is -0.383 e. The lowest BCUT2D eigenvalue weighted by molar-refractivity contribution is 0.190. The molecular weight excluding hydrogens is 232 g/mol. The van der Waals surface area contributed by atoms with Crippen LogP contribution in [0.25, 0.3) is 0 Å². The highest BCUT2D eigenvalue weighted by molar-refractivity contribution is 9.10. The molecule has 0 amide bonds. The molecule has 0 aliphatic heterocycles. The molecule has 1 aromatic heterocycles. The van der Waals surface area contributed by atoms with Crippen molar-refractivity contribution in [3.05, 3.63) is 22.9 Å². The summed E-state index contributed by atoms with van der Waals surface area (Å²) in [5.74, 6) is 0. The van der Waals surface area contributed by atoms with E-state index in [9.17, 15) is 0 Å². The Hall–Kier alpha value is -0.610. The van der Waals surface area contributed by atoms with E-state index < -0.39 is 0 Å². The minimum absolute atomic E-state index is 0.293. The second-order valence-electron chi connectivity index (χ2n) is 2.89. The smallest absolute Gasteiger partial charge is 0.0661 e. The first-order valence-corrected chi connectivity index (χ1v) is 4.87. The van der Waals surface area contributed by atoms with Gasteiger partial charge in [0.25, 0.3) is 0 Å². The van der Waals surface area contributed by atoms with Crippen molar-refractivity contribution in [3.63, 3.8) is 0 Å². The summed E-state index contributed by atoms with van der Waals surface area (Å²) >= 11 is 3.36. The molecule has 0 spiro atoms. The molecule has 0 saturated carbocycles.